The highest BCUT2D eigenvalue weighted by Gasteiger charge is 2.51. The van der Waals surface area contributed by atoms with Crippen LogP contribution < -0.4 is 4.90 Å². The highest BCUT2D eigenvalue weighted by molar-refractivity contribution is 7.26. The van der Waals surface area contributed by atoms with E-state index in [2.05, 4.69) is 205 Å². The van der Waals surface area contributed by atoms with Crippen LogP contribution in [0.3, 0.4) is 0 Å². The summed E-state index contributed by atoms with van der Waals surface area (Å²) in [5, 5.41) is 10.2. The number of thiophene rings is 1. The lowest BCUT2D eigenvalue weighted by Crippen LogP contribution is -2.26. The molecule has 2 aliphatic carbocycles. The number of hydrogen-bond acceptors (Lipinski definition) is 2. The Labute approximate surface area is 334 Å². The van der Waals surface area contributed by atoms with E-state index in [0.717, 1.165) is 5.69 Å². The van der Waals surface area contributed by atoms with Gasteiger partial charge in [0.05, 0.1) is 16.8 Å². The summed E-state index contributed by atoms with van der Waals surface area (Å²) >= 11 is 1.88. The lowest BCUT2D eigenvalue weighted by molar-refractivity contribution is 0.793. The van der Waals surface area contributed by atoms with Crippen molar-refractivity contribution in [3.63, 3.8) is 0 Å². The summed E-state index contributed by atoms with van der Waals surface area (Å²) in [6.45, 7) is 0. The highest BCUT2D eigenvalue weighted by atomic mass is 32.1. The van der Waals surface area contributed by atoms with Gasteiger partial charge in [0.2, 0.25) is 0 Å². The summed E-state index contributed by atoms with van der Waals surface area (Å²) in [5.41, 5.74) is 13.7. The van der Waals surface area contributed by atoms with Crippen molar-refractivity contribution in [2.75, 3.05) is 4.90 Å². The van der Waals surface area contributed by atoms with Crippen molar-refractivity contribution in [2.45, 2.75) is 5.41 Å². The predicted molar refractivity (Wildman–Crippen MR) is 243 cm³/mol. The first-order valence-corrected chi connectivity index (χ1v) is 20.6. The summed E-state index contributed by atoms with van der Waals surface area (Å²) in [4.78, 5) is 2.58. The van der Waals surface area contributed by atoms with E-state index in [9.17, 15) is 0 Å². The van der Waals surface area contributed by atoms with Gasteiger partial charge in [-0.2, -0.15) is 0 Å². The zero-order valence-electron chi connectivity index (χ0n) is 30.9. The fraction of sp³-hybridized carbons (Fsp3) is 0.0182. The Kier molecular flexibility index (Phi) is 6.31. The van der Waals surface area contributed by atoms with Crippen LogP contribution in [0.1, 0.15) is 22.3 Å². The third-order valence-electron chi connectivity index (χ3n) is 12.8. The van der Waals surface area contributed by atoms with E-state index in [-0.39, 0.29) is 0 Å². The minimum atomic E-state index is -0.441. The Balaban J connectivity index is 1.18. The second-order valence-electron chi connectivity index (χ2n) is 15.5. The monoisotopic (exact) mass is 739 g/mol. The molecule has 13 rings (SSSR count). The Hall–Kier alpha value is -7.00. The van der Waals surface area contributed by atoms with E-state index in [1.165, 1.54) is 108 Å². The highest BCUT2D eigenvalue weighted by Crippen LogP contribution is 2.63. The molecule has 0 amide bonds. The zero-order chi connectivity index (χ0) is 37.2. The Morgan fingerprint density at radius 3 is 1.39 bits per heavy atom. The van der Waals surface area contributed by atoms with Crippen molar-refractivity contribution in [1.29, 1.82) is 0 Å². The van der Waals surface area contributed by atoms with Crippen LogP contribution >= 0.6 is 11.3 Å². The van der Waals surface area contributed by atoms with Gasteiger partial charge in [0.25, 0.3) is 0 Å². The molecule has 1 heterocycles. The molecule has 0 radical (unpaired) electrons. The third kappa shape index (κ3) is 4.02. The molecule has 0 aliphatic heterocycles. The second kappa shape index (κ2) is 11.5. The van der Waals surface area contributed by atoms with Crippen LogP contribution in [-0.2, 0) is 5.41 Å². The average molecular weight is 740 g/mol. The average Bonchev–Trinajstić information content (AvgIpc) is 3.91. The van der Waals surface area contributed by atoms with Crippen molar-refractivity contribution in [3.05, 3.63) is 222 Å². The van der Waals surface area contributed by atoms with Gasteiger partial charge in [0.1, 0.15) is 0 Å². The fourth-order valence-electron chi connectivity index (χ4n) is 10.7. The minimum Gasteiger partial charge on any atom is -0.309 e. The largest absolute Gasteiger partial charge is 0.309 e. The summed E-state index contributed by atoms with van der Waals surface area (Å²) < 4.78 is 2.59. The van der Waals surface area contributed by atoms with Gasteiger partial charge in [-0.05, 0) is 108 Å². The summed E-state index contributed by atoms with van der Waals surface area (Å²) in [6, 6.07) is 75.1. The van der Waals surface area contributed by atoms with Gasteiger partial charge in [0, 0.05) is 31.2 Å². The number of rotatable bonds is 3. The molecule has 0 atom stereocenters. The van der Waals surface area contributed by atoms with E-state index < -0.39 is 5.41 Å². The van der Waals surface area contributed by atoms with Crippen LogP contribution in [0.4, 0.5) is 17.1 Å². The van der Waals surface area contributed by atoms with Crippen molar-refractivity contribution in [1.82, 2.24) is 0 Å². The summed E-state index contributed by atoms with van der Waals surface area (Å²) in [6.07, 6.45) is 0. The lowest BCUT2D eigenvalue weighted by atomic mass is 9.70. The normalized spacial score (nSPS) is 13.4. The van der Waals surface area contributed by atoms with Crippen LogP contribution in [0, 0.1) is 0 Å². The van der Waals surface area contributed by atoms with E-state index in [4.69, 9.17) is 0 Å². The summed E-state index contributed by atoms with van der Waals surface area (Å²) in [7, 11) is 0. The molecular formula is C55H33NS. The molecule has 264 valence electrons. The first-order valence-electron chi connectivity index (χ1n) is 19.8. The van der Waals surface area contributed by atoms with Gasteiger partial charge in [-0.15, -0.1) is 11.3 Å². The van der Waals surface area contributed by atoms with Crippen molar-refractivity contribution in [2.24, 2.45) is 0 Å². The maximum atomic E-state index is 2.58. The molecule has 11 aromatic rings. The topological polar surface area (TPSA) is 3.24 Å². The Morgan fingerprint density at radius 2 is 0.754 bits per heavy atom. The second-order valence-corrected chi connectivity index (χ2v) is 16.6. The van der Waals surface area contributed by atoms with Gasteiger partial charge in [0.15, 0.2) is 0 Å². The van der Waals surface area contributed by atoms with Gasteiger partial charge in [-0.1, -0.05) is 164 Å². The smallest absolute Gasteiger partial charge is 0.0726 e. The van der Waals surface area contributed by atoms with E-state index in [1.54, 1.807) is 0 Å². The molecule has 0 fully saturated rings. The van der Waals surface area contributed by atoms with Crippen LogP contribution in [0.5, 0.6) is 0 Å². The molecule has 1 spiro atoms. The van der Waals surface area contributed by atoms with Crippen molar-refractivity contribution >= 4 is 80.9 Å². The standard InChI is InChI=1S/C55H33NS/c1-2-16-37-35(15-1)36-17-3-4-21-42(36)53-43(37)23-13-27-49(53)56(50-28-14-30-52-54(50)44-22-8-12-29-51(44)57-52)34-31-32-41-40-20-7-11-26-47(40)55(48(41)33-34)45-24-9-5-18-38(45)39-19-6-10-25-46(39)55/h1-33H. The molecule has 57 heavy (non-hydrogen) atoms. The van der Waals surface area contributed by atoms with Crippen LogP contribution in [0.15, 0.2) is 200 Å². The van der Waals surface area contributed by atoms with E-state index >= 15 is 0 Å². The Morgan fingerprint density at radius 1 is 0.316 bits per heavy atom. The van der Waals surface area contributed by atoms with Crippen molar-refractivity contribution in [3.8, 4) is 22.3 Å². The van der Waals surface area contributed by atoms with Gasteiger partial charge < -0.3 is 4.90 Å². The van der Waals surface area contributed by atoms with Gasteiger partial charge in [-0.3, -0.25) is 0 Å². The minimum absolute atomic E-state index is 0.441. The Bertz CT molecular complexity index is 3390. The maximum Gasteiger partial charge on any atom is 0.0726 e. The van der Waals surface area contributed by atoms with Crippen LogP contribution in [-0.4, -0.2) is 0 Å². The van der Waals surface area contributed by atoms with Gasteiger partial charge >= 0.3 is 0 Å². The van der Waals surface area contributed by atoms with Crippen LogP contribution in [0.2, 0.25) is 0 Å². The SMILES string of the molecule is c1ccc2c(c1)-c1ccccc1C21c2ccccc2-c2ccc(N(c3cccc4sc5ccccc5c34)c3cccc4c5ccccc5c5ccccc5c34)cc21. The predicted octanol–water partition coefficient (Wildman–Crippen LogP) is 15.3. The molecule has 2 aliphatic rings. The molecule has 0 unspecified atom stereocenters. The zero-order valence-corrected chi connectivity index (χ0v) is 31.7. The molecule has 2 heteroatoms. The number of fused-ring (bicyclic) bond motifs is 19. The van der Waals surface area contributed by atoms with E-state index in [0.29, 0.717) is 0 Å². The number of hydrogen-bond donors (Lipinski definition) is 0. The lowest BCUT2D eigenvalue weighted by Gasteiger charge is -2.33. The molecule has 0 N–H and O–H groups in total. The van der Waals surface area contributed by atoms with Crippen molar-refractivity contribution < 1.29 is 0 Å². The summed E-state index contributed by atoms with van der Waals surface area (Å²) in [5.74, 6) is 0. The maximum absolute atomic E-state index is 2.58. The fourth-order valence-corrected chi connectivity index (χ4v) is 11.8. The molecular weight excluding hydrogens is 707 g/mol. The van der Waals surface area contributed by atoms with E-state index in [1.807, 2.05) is 11.3 Å². The first kappa shape index (κ1) is 31.2. The number of anilines is 3. The van der Waals surface area contributed by atoms with Gasteiger partial charge in [-0.25, -0.2) is 0 Å². The van der Waals surface area contributed by atoms with Crippen LogP contribution in [0.25, 0.3) is 74.7 Å². The third-order valence-corrected chi connectivity index (χ3v) is 14.0. The first-order chi connectivity index (χ1) is 28.3. The molecule has 1 nitrogen and oxygen atoms in total. The number of benzene rings is 10. The molecule has 1 aromatic heterocycles. The number of nitrogens with zero attached hydrogens (tertiary/aromatic N) is 1. The molecule has 10 aromatic carbocycles. The molecule has 0 bridgehead atoms. The quantitative estimate of drug-likeness (QED) is 0.163. The molecule has 0 saturated heterocycles. The molecule has 0 saturated carbocycles.